The van der Waals surface area contributed by atoms with E-state index in [-0.39, 0.29) is 19.0 Å². The van der Waals surface area contributed by atoms with Gasteiger partial charge in [0.1, 0.15) is 6.61 Å². The van der Waals surface area contributed by atoms with Crippen LogP contribution in [0.2, 0.25) is 0 Å². The van der Waals surface area contributed by atoms with E-state index < -0.39 is 26.5 Å². The van der Waals surface area contributed by atoms with Crippen LogP contribution in [0.25, 0.3) is 0 Å². The van der Waals surface area contributed by atoms with Gasteiger partial charge in [-0.25, -0.2) is 4.57 Å². The number of unbranched alkanes of at least 4 members (excludes halogenated alkanes) is 28. The van der Waals surface area contributed by atoms with Crippen molar-refractivity contribution in [3.63, 3.8) is 0 Å². The molecule has 0 spiro atoms. The average molecular weight is 759 g/mol. The van der Waals surface area contributed by atoms with E-state index in [1.165, 1.54) is 161 Å². The summed E-state index contributed by atoms with van der Waals surface area (Å²) in [5.41, 5.74) is 0. The molecule has 0 aromatic heterocycles. The van der Waals surface area contributed by atoms with Gasteiger partial charge >= 0.3 is 19.8 Å². The van der Waals surface area contributed by atoms with Gasteiger partial charge < -0.3 is 14.4 Å². The SMILES string of the molecule is CCCCCCCCCC/C=C\CCCCCCCCCCCCCC(=O)OC(COC(=O)CCCCCCCCCCCC)COP(=O)(O)OC. The van der Waals surface area contributed by atoms with Gasteiger partial charge in [-0.1, -0.05) is 187 Å². The molecule has 9 heteroatoms. The van der Waals surface area contributed by atoms with Gasteiger partial charge in [0.25, 0.3) is 0 Å². The molecule has 0 aliphatic carbocycles. The van der Waals surface area contributed by atoms with Crippen molar-refractivity contribution in [2.45, 2.75) is 232 Å². The third-order valence-corrected chi connectivity index (χ3v) is 10.7. The van der Waals surface area contributed by atoms with Crippen LogP contribution < -0.4 is 0 Å². The van der Waals surface area contributed by atoms with E-state index in [1.807, 2.05) is 0 Å². The molecule has 0 aliphatic heterocycles. The van der Waals surface area contributed by atoms with Gasteiger partial charge in [0.2, 0.25) is 0 Å². The minimum Gasteiger partial charge on any atom is -0.462 e. The van der Waals surface area contributed by atoms with Crippen LogP contribution in [0.15, 0.2) is 12.2 Å². The van der Waals surface area contributed by atoms with E-state index in [2.05, 4.69) is 30.5 Å². The fourth-order valence-electron chi connectivity index (χ4n) is 6.36. The number of hydrogen-bond acceptors (Lipinski definition) is 7. The highest BCUT2D eigenvalue weighted by molar-refractivity contribution is 7.47. The molecule has 0 heterocycles. The first kappa shape index (κ1) is 50.8. The number of phosphoric acid groups is 1. The molecule has 0 saturated heterocycles. The van der Waals surface area contributed by atoms with Gasteiger partial charge in [-0.3, -0.25) is 18.6 Å². The maximum Gasteiger partial charge on any atom is 0.472 e. The van der Waals surface area contributed by atoms with Gasteiger partial charge in [-0.05, 0) is 38.5 Å². The zero-order valence-corrected chi connectivity index (χ0v) is 35.1. The molecule has 308 valence electrons. The summed E-state index contributed by atoms with van der Waals surface area (Å²) in [6.07, 6.45) is 42.8. The summed E-state index contributed by atoms with van der Waals surface area (Å²) in [6, 6.07) is 0. The molecule has 0 saturated carbocycles. The molecule has 52 heavy (non-hydrogen) atoms. The molecule has 0 amide bonds. The Morgan fingerprint density at radius 2 is 0.865 bits per heavy atom. The second-order valence-corrected chi connectivity index (χ2v) is 16.4. The standard InChI is InChI=1S/C43H83O8P/c1-4-6-8-10-12-14-16-17-18-19-20-21-22-23-24-25-26-27-28-30-32-34-36-38-43(45)51-41(40-50-52(46,47)48-3)39-49-42(44)37-35-33-31-29-15-13-11-9-7-5-2/h19-20,41H,4-18,21-40H2,1-3H3,(H,46,47)/b20-19-. The molecule has 2 unspecified atom stereocenters. The van der Waals surface area contributed by atoms with Crippen molar-refractivity contribution >= 4 is 19.8 Å². The number of carbonyl (C=O) groups excluding carboxylic acids is 2. The van der Waals surface area contributed by atoms with Gasteiger partial charge in [0.05, 0.1) is 6.61 Å². The molecule has 0 rings (SSSR count). The minimum absolute atomic E-state index is 0.220. The summed E-state index contributed by atoms with van der Waals surface area (Å²) < 4.78 is 31.9. The predicted molar refractivity (Wildman–Crippen MR) is 216 cm³/mol. The molecular weight excluding hydrogens is 675 g/mol. The first-order valence-electron chi connectivity index (χ1n) is 21.9. The fraction of sp³-hybridized carbons (Fsp3) is 0.907. The lowest BCUT2D eigenvalue weighted by Gasteiger charge is -2.19. The number of ether oxygens (including phenoxy) is 2. The largest absolute Gasteiger partial charge is 0.472 e. The van der Waals surface area contributed by atoms with Gasteiger partial charge in [-0.15, -0.1) is 0 Å². The van der Waals surface area contributed by atoms with Crippen LogP contribution in [0, 0.1) is 0 Å². The first-order valence-corrected chi connectivity index (χ1v) is 23.4. The lowest BCUT2D eigenvalue weighted by atomic mass is 10.0. The van der Waals surface area contributed by atoms with Crippen LogP contribution >= 0.6 is 7.82 Å². The Bertz CT molecular complexity index is 864. The average Bonchev–Trinajstić information content (AvgIpc) is 3.13. The van der Waals surface area contributed by atoms with Crippen molar-refractivity contribution in [1.82, 2.24) is 0 Å². The molecule has 0 aliphatic rings. The lowest BCUT2D eigenvalue weighted by Crippen LogP contribution is -2.29. The van der Waals surface area contributed by atoms with E-state index in [0.717, 1.165) is 45.6 Å². The highest BCUT2D eigenvalue weighted by Crippen LogP contribution is 2.42. The zero-order valence-electron chi connectivity index (χ0n) is 34.2. The monoisotopic (exact) mass is 759 g/mol. The Morgan fingerprint density at radius 1 is 0.519 bits per heavy atom. The molecule has 0 fully saturated rings. The molecule has 0 aromatic carbocycles. The summed E-state index contributed by atoms with van der Waals surface area (Å²) in [4.78, 5) is 34.4. The Morgan fingerprint density at radius 3 is 1.25 bits per heavy atom. The van der Waals surface area contributed by atoms with Crippen molar-refractivity contribution in [3.8, 4) is 0 Å². The highest BCUT2D eigenvalue weighted by atomic mass is 31.2. The minimum atomic E-state index is -4.25. The number of esters is 2. The molecule has 2 atom stereocenters. The maximum absolute atomic E-state index is 12.5. The van der Waals surface area contributed by atoms with Crippen LogP contribution in [0.3, 0.4) is 0 Å². The smallest absolute Gasteiger partial charge is 0.462 e. The Hall–Kier alpha value is -1.21. The Balaban J connectivity index is 3.87. The quantitative estimate of drug-likeness (QED) is 0.0284. The zero-order chi connectivity index (χ0) is 38.2. The van der Waals surface area contributed by atoms with Crippen molar-refractivity contribution in [1.29, 1.82) is 0 Å². The third kappa shape index (κ3) is 38.5. The van der Waals surface area contributed by atoms with E-state index in [4.69, 9.17) is 14.0 Å². The maximum atomic E-state index is 12.5. The Kier molecular flexibility index (Phi) is 38.6. The molecular formula is C43H83O8P. The molecule has 1 N–H and O–H groups in total. The summed E-state index contributed by atoms with van der Waals surface area (Å²) >= 11 is 0. The van der Waals surface area contributed by atoms with Gasteiger partial charge in [0.15, 0.2) is 6.10 Å². The van der Waals surface area contributed by atoms with Gasteiger partial charge in [0, 0.05) is 20.0 Å². The van der Waals surface area contributed by atoms with Crippen LogP contribution in [0.5, 0.6) is 0 Å². The van der Waals surface area contributed by atoms with E-state index in [9.17, 15) is 19.0 Å². The fourth-order valence-corrected chi connectivity index (χ4v) is 6.82. The topological polar surface area (TPSA) is 108 Å². The summed E-state index contributed by atoms with van der Waals surface area (Å²) in [5.74, 6) is -0.796. The van der Waals surface area contributed by atoms with E-state index in [0.29, 0.717) is 6.42 Å². The van der Waals surface area contributed by atoms with Crippen LogP contribution in [0.1, 0.15) is 226 Å². The molecule has 0 radical (unpaired) electrons. The van der Waals surface area contributed by atoms with Crippen molar-refractivity contribution in [2.75, 3.05) is 20.3 Å². The summed E-state index contributed by atoms with van der Waals surface area (Å²) in [5, 5.41) is 0. The number of carbonyl (C=O) groups is 2. The van der Waals surface area contributed by atoms with E-state index in [1.54, 1.807) is 0 Å². The molecule has 8 nitrogen and oxygen atoms in total. The number of allylic oxidation sites excluding steroid dienone is 2. The number of hydrogen-bond donors (Lipinski definition) is 1. The second-order valence-electron chi connectivity index (χ2n) is 14.8. The highest BCUT2D eigenvalue weighted by Gasteiger charge is 2.24. The molecule has 0 aromatic rings. The van der Waals surface area contributed by atoms with E-state index >= 15 is 0 Å². The Labute approximate surface area is 320 Å². The van der Waals surface area contributed by atoms with Crippen molar-refractivity contribution in [3.05, 3.63) is 12.2 Å². The predicted octanol–water partition coefficient (Wildman–Crippen LogP) is 13.7. The first-order chi connectivity index (χ1) is 25.3. The number of rotatable bonds is 41. The van der Waals surface area contributed by atoms with Crippen molar-refractivity contribution < 1.29 is 37.6 Å². The van der Waals surface area contributed by atoms with Crippen LogP contribution in [0.4, 0.5) is 0 Å². The number of phosphoric ester groups is 1. The summed E-state index contributed by atoms with van der Waals surface area (Å²) in [6.45, 7) is 3.89. The summed E-state index contributed by atoms with van der Waals surface area (Å²) in [7, 11) is -3.19. The van der Waals surface area contributed by atoms with Crippen molar-refractivity contribution in [2.24, 2.45) is 0 Å². The normalized spacial score (nSPS) is 13.4. The molecule has 0 bridgehead atoms. The lowest BCUT2D eigenvalue weighted by molar-refractivity contribution is -0.161. The third-order valence-electron chi connectivity index (χ3n) is 9.76. The van der Waals surface area contributed by atoms with Crippen LogP contribution in [-0.4, -0.2) is 43.3 Å². The second kappa shape index (κ2) is 39.5. The van der Waals surface area contributed by atoms with Gasteiger partial charge in [-0.2, -0.15) is 0 Å². The van der Waals surface area contributed by atoms with Crippen LogP contribution in [-0.2, 0) is 32.7 Å².